The van der Waals surface area contributed by atoms with Gasteiger partial charge in [0.1, 0.15) is 18.3 Å². The van der Waals surface area contributed by atoms with Gasteiger partial charge < -0.3 is 24.1 Å². The summed E-state index contributed by atoms with van der Waals surface area (Å²) in [6.45, 7) is 0.614. The maximum absolute atomic E-state index is 12.4. The van der Waals surface area contributed by atoms with Gasteiger partial charge in [-0.05, 0) is 17.7 Å². The van der Waals surface area contributed by atoms with Gasteiger partial charge in [0, 0.05) is 0 Å². The number of carbonyl (C=O) groups excluding carboxylic acids is 1. The van der Waals surface area contributed by atoms with E-state index in [0.29, 0.717) is 18.8 Å². The third-order valence-electron chi connectivity index (χ3n) is 4.58. The molecule has 2 saturated heterocycles. The van der Waals surface area contributed by atoms with E-state index in [4.69, 9.17) is 18.9 Å². The molecule has 2 aromatic rings. The number of fused-ring (bicyclic) bond motifs is 2. The molecular weight excluding hydrogens is 336 g/mol. The van der Waals surface area contributed by atoms with Gasteiger partial charge in [-0.2, -0.15) is 0 Å². The van der Waals surface area contributed by atoms with Crippen molar-refractivity contribution in [3.63, 3.8) is 0 Å². The van der Waals surface area contributed by atoms with E-state index in [0.717, 1.165) is 5.56 Å². The number of hydrogen-bond acceptors (Lipinski definition) is 6. The van der Waals surface area contributed by atoms with Crippen molar-refractivity contribution in [1.82, 2.24) is 0 Å². The zero-order valence-corrected chi connectivity index (χ0v) is 14.1. The van der Waals surface area contributed by atoms with Gasteiger partial charge in [0.15, 0.2) is 12.4 Å². The lowest BCUT2D eigenvalue weighted by molar-refractivity contribution is -0.240. The normalized spacial score (nSPS) is 30.1. The molecule has 1 N–H and O–H groups in total. The van der Waals surface area contributed by atoms with Crippen molar-refractivity contribution in [3.05, 3.63) is 71.8 Å². The van der Waals surface area contributed by atoms with E-state index in [1.54, 1.807) is 24.3 Å². The Kier molecular flexibility index (Phi) is 4.99. The fourth-order valence-corrected chi connectivity index (χ4v) is 3.22. The minimum absolute atomic E-state index is 0.292. The summed E-state index contributed by atoms with van der Waals surface area (Å²) in [6.07, 6.45) is -3.78. The van der Waals surface area contributed by atoms with Crippen LogP contribution in [0.25, 0.3) is 0 Å². The van der Waals surface area contributed by atoms with Gasteiger partial charge in [-0.15, -0.1) is 0 Å². The minimum atomic E-state index is -1.11. The summed E-state index contributed by atoms with van der Waals surface area (Å²) in [5.74, 6) is -0.510. The largest absolute Gasteiger partial charge is 0.453 e. The van der Waals surface area contributed by atoms with E-state index < -0.39 is 30.6 Å². The summed E-state index contributed by atoms with van der Waals surface area (Å²) in [5.41, 5.74) is 1.40. The van der Waals surface area contributed by atoms with Crippen molar-refractivity contribution in [2.24, 2.45) is 0 Å². The van der Waals surface area contributed by atoms with Crippen LogP contribution < -0.4 is 0 Å². The average Bonchev–Trinajstić information content (AvgIpc) is 3.13. The molecule has 0 aromatic heterocycles. The van der Waals surface area contributed by atoms with E-state index in [2.05, 4.69) is 0 Å². The van der Waals surface area contributed by atoms with Gasteiger partial charge in [-0.1, -0.05) is 48.5 Å². The Morgan fingerprint density at radius 1 is 1.04 bits per heavy atom. The molecule has 0 spiro atoms. The number of aliphatic hydroxyl groups is 1. The van der Waals surface area contributed by atoms with Gasteiger partial charge in [-0.3, -0.25) is 0 Å². The first-order chi connectivity index (χ1) is 12.7. The molecular formula is C20H20O6. The first kappa shape index (κ1) is 17.2. The molecule has 2 bridgehead atoms. The predicted octanol–water partition coefficient (Wildman–Crippen LogP) is 1.91. The molecule has 2 heterocycles. The summed E-state index contributed by atoms with van der Waals surface area (Å²) < 4.78 is 22.7. The summed E-state index contributed by atoms with van der Waals surface area (Å²) in [4.78, 5) is 12.4. The Morgan fingerprint density at radius 2 is 1.73 bits per heavy atom. The smallest absolute Gasteiger partial charge is 0.338 e. The van der Waals surface area contributed by atoms with E-state index >= 15 is 0 Å². The molecule has 6 nitrogen and oxygen atoms in total. The van der Waals surface area contributed by atoms with Gasteiger partial charge in [0.2, 0.25) is 0 Å². The Labute approximate surface area is 151 Å². The second kappa shape index (κ2) is 7.55. The fraction of sp³-hybridized carbons (Fsp3) is 0.350. The molecule has 2 aromatic carbocycles. The molecule has 4 rings (SSSR count). The number of rotatable bonds is 5. The maximum Gasteiger partial charge on any atom is 0.338 e. The third-order valence-corrected chi connectivity index (χ3v) is 4.58. The van der Waals surface area contributed by atoms with Crippen LogP contribution >= 0.6 is 0 Å². The number of carbonyl (C=O) groups is 1. The second-order valence-electron chi connectivity index (χ2n) is 6.36. The standard InChI is InChI=1S/C20H20O6/c21-16-18(26-19(22)14-9-5-2-6-10-14)17(15-12-24-20(16)25-15)23-11-13-7-3-1-4-8-13/h1-10,15-18,20-21H,11-12H2/t15-,16-,17-,18-,20-/m1/s1. The van der Waals surface area contributed by atoms with Crippen LogP contribution in [0.4, 0.5) is 0 Å². The first-order valence-corrected chi connectivity index (χ1v) is 8.59. The molecule has 2 fully saturated rings. The van der Waals surface area contributed by atoms with Crippen LogP contribution in [-0.2, 0) is 25.6 Å². The zero-order valence-electron chi connectivity index (χ0n) is 14.1. The van der Waals surface area contributed by atoms with Crippen LogP contribution in [0.1, 0.15) is 15.9 Å². The van der Waals surface area contributed by atoms with Crippen molar-refractivity contribution < 1.29 is 28.8 Å². The molecule has 5 atom stereocenters. The number of esters is 1. The van der Waals surface area contributed by atoms with Crippen molar-refractivity contribution in [2.45, 2.75) is 37.3 Å². The summed E-state index contributed by atoms with van der Waals surface area (Å²) >= 11 is 0. The highest BCUT2D eigenvalue weighted by molar-refractivity contribution is 5.89. The topological polar surface area (TPSA) is 74.2 Å². The third kappa shape index (κ3) is 3.50. The molecule has 0 aliphatic carbocycles. The molecule has 2 aliphatic heterocycles. The molecule has 0 radical (unpaired) electrons. The van der Waals surface area contributed by atoms with Crippen LogP contribution in [0, 0.1) is 0 Å². The highest BCUT2D eigenvalue weighted by atomic mass is 16.8. The lowest BCUT2D eigenvalue weighted by Crippen LogP contribution is -2.56. The number of ether oxygens (including phenoxy) is 4. The maximum atomic E-state index is 12.4. The van der Waals surface area contributed by atoms with Crippen molar-refractivity contribution in [2.75, 3.05) is 6.61 Å². The molecule has 0 unspecified atom stereocenters. The SMILES string of the molecule is O=C(O[C@@H]1[C@@H](O)[C@@H]2OC[C@@H](O2)[C@H]1OCc1ccccc1)c1ccccc1. The van der Waals surface area contributed by atoms with E-state index in [1.807, 2.05) is 36.4 Å². The molecule has 0 saturated carbocycles. The Morgan fingerprint density at radius 3 is 2.46 bits per heavy atom. The van der Waals surface area contributed by atoms with Crippen LogP contribution in [0.5, 0.6) is 0 Å². The summed E-state index contributed by atoms with van der Waals surface area (Å²) in [5, 5.41) is 10.5. The fourth-order valence-electron chi connectivity index (χ4n) is 3.22. The average molecular weight is 356 g/mol. The molecule has 26 heavy (non-hydrogen) atoms. The van der Waals surface area contributed by atoms with E-state index in [1.165, 1.54) is 0 Å². The molecule has 136 valence electrons. The monoisotopic (exact) mass is 356 g/mol. The lowest BCUT2D eigenvalue weighted by Gasteiger charge is -2.37. The van der Waals surface area contributed by atoms with Gasteiger partial charge in [0.05, 0.1) is 18.8 Å². The van der Waals surface area contributed by atoms with E-state index in [9.17, 15) is 9.90 Å². The van der Waals surface area contributed by atoms with Crippen molar-refractivity contribution in [1.29, 1.82) is 0 Å². The summed E-state index contributed by atoms with van der Waals surface area (Å²) in [7, 11) is 0. The lowest BCUT2D eigenvalue weighted by atomic mass is 10.00. The van der Waals surface area contributed by atoms with Gasteiger partial charge in [0.25, 0.3) is 0 Å². The van der Waals surface area contributed by atoms with E-state index in [-0.39, 0.29) is 6.10 Å². The van der Waals surface area contributed by atoms with Gasteiger partial charge >= 0.3 is 5.97 Å². The highest BCUT2D eigenvalue weighted by Crippen LogP contribution is 2.32. The quantitative estimate of drug-likeness (QED) is 0.825. The van der Waals surface area contributed by atoms with Crippen molar-refractivity contribution >= 4 is 5.97 Å². The number of hydrogen-bond donors (Lipinski definition) is 1. The number of benzene rings is 2. The number of aliphatic hydroxyl groups excluding tert-OH is 1. The van der Waals surface area contributed by atoms with Crippen LogP contribution in [0.3, 0.4) is 0 Å². The minimum Gasteiger partial charge on any atom is -0.453 e. The summed E-state index contributed by atoms with van der Waals surface area (Å²) in [6, 6.07) is 18.3. The Hall–Kier alpha value is -2.25. The van der Waals surface area contributed by atoms with Gasteiger partial charge in [-0.25, -0.2) is 4.79 Å². The second-order valence-corrected chi connectivity index (χ2v) is 6.36. The van der Waals surface area contributed by atoms with Crippen molar-refractivity contribution in [3.8, 4) is 0 Å². The highest BCUT2D eigenvalue weighted by Gasteiger charge is 2.52. The predicted molar refractivity (Wildman–Crippen MR) is 91.3 cm³/mol. The van der Waals surface area contributed by atoms with Crippen LogP contribution in [-0.4, -0.2) is 48.4 Å². The molecule has 2 aliphatic rings. The van der Waals surface area contributed by atoms with Crippen LogP contribution in [0.2, 0.25) is 0 Å². The first-order valence-electron chi connectivity index (χ1n) is 8.59. The Bertz CT molecular complexity index is 734. The molecule has 6 heteroatoms. The zero-order chi connectivity index (χ0) is 17.9. The molecule has 0 amide bonds. The Balaban J connectivity index is 1.50. The van der Waals surface area contributed by atoms with Crippen LogP contribution in [0.15, 0.2) is 60.7 Å².